The molecule has 0 bridgehead atoms. The molecule has 0 aromatic heterocycles. The molecule has 2 nitrogen and oxygen atoms in total. The maximum Gasteiger partial charge on any atom is 0.125 e. The van der Waals surface area contributed by atoms with Crippen molar-refractivity contribution >= 4 is 5.69 Å². The van der Waals surface area contributed by atoms with Crippen LogP contribution in [0.15, 0.2) is 42.5 Å². The predicted octanol–water partition coefficient (Wildman–Crippen LogP) is 5.09. The van der Waals surface area contributed by atoms with Crippen LogP contribution >= 0.6 is 0 Å². The van der Waals surface area contributed by atoms with Gasteiger partial charge in [0.1, 0.15) is 11.6 Å². The number of halogens is 1. The number of aryl methyl sites for hydroxylation is 1. The van der Waals surface area contributed by atoms with Crippen LogP contribution in [0.25, 0.3) is 0 Å². The van der Waals surface area contributed by atoms with Gasteiger partial charge in [0.15, 0.2) is 0 Å². The molecular formula is C18H22FNO. The molecule has 0 radical (unpaired) electrons. The summed E-state index contributed by atoms with van der Waals surface area (Å²) < 4.78 is 18.9. The van der Waals surface area contributed by atoms with E-state index in [1.165, 1.54) is 12.1 Å². The summed E-state index contributed by atoms with van der Waals surface area (Å²) in [5.41, 5.74) is 2.99. The third kappa shape index (κ3) is 4.22. The zero-order chi connectivity index (χ0) is 15.4. The minimum atomic E-state index is -0.226. The van der Waals surface area contributed by atoms with E-state index in [1.54, 1.807) is 6.07 Å². The Bertz CT molecular complexity index is 593. The van der Waals surface area contributed by atoms with Gasteiger partial charge in [-0.3, -0.25) is 0 Å². The van der Waals surface area contributed by atoms with E-state index < -0.39 is 0 Å². The number of ether oxygens (including phenoxy) is 1. The fourth-order valence-electron chi connectivity index (χ4n) is 2.17. The smallest absolute Gasteiger partial charge is 0.125 e. The van der Waals surface area contributed by atoms with Crippen molar-refractivity contribution in [1.29, 1.82) is 0 Å². The first-order valence-corrected chi connectivity index (χ1v) is 7.25. The highest BCUT2D eigenvalue weighted by Crippen LogP contribution is 2.24. The van der Waals surface area contributed by atoms with Crippen molar-refractivity contribution in [2.24, 2.45) is 0 Å². The zero-order valence-electron chi connectivity index (χ0n) is 13.0. The summed E-state index contributed by atoms with van der Waals surface area (Å²) in [4.78, 5) is 0. The molecule has 112 valence electrons. The fourth-order valence-corrected chi connectivity index (χ4v) is 2.17. The van der Waals surface area contributed by atoms with Gasteiger partial charge in [0.2, 0.25) is 0 Å². The average Bonchev–Trinajstić information content (AvgIpc) is 2.43. The van der Waals surface area contributed by atoms with Crippen molar-refractivity contribution in [3.63, 3.8) is 0 Å². The van der Waals surface area contributed by atoms with Gasteiger partial charge in [-0.2, -0.15) is 0 Å². The summed E-state index contributed by atoms with van der Waals surface area (Å²) in [5, 5.41) is 3.35. The van der Waals surface area contributed by atoms with Crippen LogP contribution < -0.4 is 10.1 Å². The Labute approximate surface area is 126 Å². The molecule has 1 unspecified atom stereocenters. The summed E-state index contributed by atoms with van der Waals surface area (Å²) in [6.07, 6.45) is 0.168. The molecule has 0 aliphatic rings. The first-order valence-electron chi connectivity index (χ1n) is 7.25. The normalized spacial score (nSPS) is 12.3. The Morgan fingerprint density at radius 1 is 1.00 bits per heavy atom. The lowest BCUT2D eigenvalue weighted by molar-refractivity contribution is 0.242. The van der Waals surface area contributed by atoms with Crippen molar-refractivity contribution in [3.8, 4) is 5.75 Å². The SMILES string of the molecule is Cc1ccc(F)cc1NC(C)c1ccc(OC(C)C)cc1. The number of benzene rings is 2. The van der Waals surface area contributed by atoms with Crippen LogP contribution in [0.1, 0.15) is 37.9 Å². The largest absolute Gasteiger partial charge is 0.491 e. The van der Waals surface area contributed by atoms with Gasteiger partial charge in [0.25, 0.3) is 0 Å². The van der Waals surface area contributed by atoms with Crippen LogP contribution in [0, 0.1) is 12.7 Å². The molecular weight excluding hydrogens is 265 g/mol. The molecule has 0 spiro atoms. The maximum atomic E-state index is 13.3. The van der Waals surface area contributed by atoms with Crippen LogP contribution in [0.3, 0.4) is 0 Å². The lowest BCUT2D eigenvalue weighted by Crippen LogP contribution is -2.09. The number of hydrogen-bond donors (Lipinski definition) is 1. The Kier molecular flexibility index (Phi) is 4.84. The van der Waals surface area contributed by atoms with Crippen molar-refractivity contribution < 1.29 is 9.13 Å². The molecule has 0 aliphatic carbocycles. The van der Waals surface area contributed by atoms with Crippen LogP contribution in [0.2, 0.25) is 0 Å². The van der Waals surface area contributed by atoms with Crippen molar-refractivity contribution in [3.05, 3.63) is 59.4 Å². The molecule has 0 heterocycles. The highest BCUT2D eigenvalue weighted by atomic mass is 19.1. The topological polar surface area (TPSA) is 21.3 Å². The van der Waals surface area contributed by atoms with Crippen LogP contribution in [-0.4, -0.2) is 6.10 Å². The second kappa shape index (κ2) is 6.61. The molecule has 2 rings (SSSR count). The molecule has 1 N–H and O–H groups in total. The van der Waals surface area contributed by atoms with Crippen molar-refractivity contribution in [2.45, 2.75) is 39.8 Å². The molecule has 0 saturated heterocycles. The Balaban J connectivity index is 2.09. The lowest BCUT2D eigenvalue weighted by Gasteiger charge is -2.18. The summed E-state index contributed by atoms with van der Waals surface area (Å²) in [6.45, 7) is 8.03. The second-order valence-electron chi connectivity index (χ2n) is 5.56. The lowest BCUT2D eigenvalue weighted by atomic mass is 10.1. The van der Waals surface area contributed by atoms with Crippen molar-refractivity contribution in [2.75, 3.05) is 5.32 Å². The standard InChI is InChI=1S/C18H22FNO/c1-12(2)21-17-9-6-15(7-10-17)14(4)20-18-11-16(19)8-5-13(18)3/h5-12,14,20H,1-4H3. The number of hydrogen-bond acceptors (Lipinski definition) is 2. The minimum Gasteiger partial charge on any atom is -0.491 e. The van der Waals surface area contributed by atoms with Gasteiger partial charge >= 0.3 is 0 Å². The van der Waals surface area contributed by atoms with E-state index in [1.807, 2.05) is 45.0 Å². The first-order chi connectivity index (χ1) is 9.95. The monoisotopic (exact) mass is 287 g/mol. The fraction of sp³-hybridized carbons (Fsp3) is 0.333. The highest BCUT2D eigenvalue weighted by Gasteiger charge is 2.08. The summed E-state index contributed by atoms with van der Waals surface area (Å²) in [5.74, 6) is 0.638. The molecule has 0 fully saturated rings. The molecule has 0 amide bonds. The molecule has 3 heteroatoms. The average molecular weight is 287 g/mol. The third-order valence-corrected chi connectivity index (χ3v) is 3.32. The van der Waals surface area contributed by atoms with Crippen LogP contribution in [0.5, 0.6) is 5.75 Å². The van der Waals surface area contributed by atoms with Crippen LogP contribution in [0.4, 0.5) is 10.1 Å². The van der Waals surface area contributed by atoms with Crippen LogP contribution in [-0.2, 0) is 0 Å². The van der Waals surface area contributed by atoms with Gasteiger partial charge in [-0.1, -0.05) is 18.2 Å². The molecule has 21 heavy (non-hydrogen) atoms. The molecule has 1 atom stereocenters. The third-order valence-electron chi connectivity index (χ3n) is 3.32. The molecule has 2 aromatic carbocycles. The van der Waals surface area contributed by atoms with E-state index in [0.29, 0.717) is 0 Å². The van der Waals surface area contributed by atoms with Gasteiger partial charge in [-0.15, -0.1) is 0 Å². The van der Waals surface area contributed by atoms with Gasteiger partial charge in [0.05, 0.1) is 6.10 Å². The summed E-state index contributed by atoms with van der Waals surface area (Å²) >= 11 is 0. The van der Waals surface area contributed by atoms with E-state index in [2.05, 4.69) is 12.2 Å². The number of rotatable bonds is 5. The van der Waals surface area contributed by atoms with Gasteiger partial charge in [-0.25, -0.2) is 4.39 Å². The van der Waals surface area contributed by atoms with E-state index in [0.717, 1.165) is 22.6 Å². The van der Waals surface area contributed by atoms with Crippen molar-refractivity contribution in [1.82, 2.24) is 0 Å². The summed E-state index contributed by atoms with van der Waals surface area (Å²) in [6, 6.07) is 12.9. The summed E-state index contributed by atoms with van der Waals surface area (Å²) in [7, 11) is 0. The predicted molar refractivity (Wildman–Crippen MR) is 85.4 cm³/mol. The minimum absolute atomic E-state index is 0.0959. The Hall–Kier alpha value is -2.03. The zero-order valence-corrected chi connectivity index (χ0v) is 13.0. The van der Waals surface area contributed by atoms with E-state index in [4.69, 9.17) is 4.74 Å². The molecule has 2 aromatic rings. The van der Waals surface area contributed by atoms with Gasteiger partial charge < -0.3 is 10.1 Å². The quantitative estimate of drug-likeness (QED) is 0.826. The Morgan fingerprint density at radius 3 is 2.29 bits per heavy atom. The maximum absolute atomic E-state index is 13.3. The van der Waals surface area contributed by atoms with Gasteiger partial charge in [0, 0.05) is 11.7 Å². The van der Waals surface area contributed by atoms with E-state index >= 15 is 0 Å². The van der Waals surface area contributed by atoms with Gasteiger partial charge in [-0.05, 0) is 63.1 Å². The molecule has 0 aliphatic heterocycles. The number of nitrogens with one attached hydrogen (secondary N) is 1. The molecule has 0 saturated carbocycles. The first kappa shape index (κ1) is 15.4. The highest BCUT2D eigenvalue weighted by molar-refractivity contribution is 5.52. The van der Waals surface area contributed by atoms with E-state index in [9.17, 15) is 4.39 Å². The van der Waals surface area contributed by atoms with E-state index in [-0.39, 0.29) is 18.0 Å². The number of anilines is 1. The second-order valence-corrected chi connectivity index (χ2v) is 5.56. The Morgan fingerprint density at radius 2 is 1.67 bits per heavy atom.